The van der Waals surface area contributed by atoms with E-state index in [1.54, 1.807) is 6.07 Å². The van der Waals surface area contributed by atoms with Crippen molar-refractivity contribution in [2.75, 3.05) is 11.1 Å². The third-order valence-corrected chi connectivity index (χ3v) is 4.50. The fourth-order valence-electron chi connectivity index (χ4n) is 2.65. The van der Waals surface area contributed by atoms with E-state index in [2.05, 4.69) is 5.32 Å². The van der Waals surface area contributed by atoms with E-state index in [0.29, 0.717) is 10.7 Å². The van der Waals surface area contributed by atoms with Crippen molar-refractivity contribution in [1.82, 2.24) is 0 Å². The summed E-state index contributed by atoms with van der Waals surface area (Å²) in [6, 6.07) is 21.6. The standard InChI is InChI=1S/C22H19ClN2O3/c1-14(28-22(27)16-11-12-18(23)19(24)13-16)21(26)25-20-10-6-5-9-17(20)15-7-3-2-4-8-15/h2-14H,24H2,1H3,(H,25,26)/t14-/m0/s1. The molecule has 0 spiro atoms. The summed E-state index contributed by atoms with van der Waals surface area (Å²) in [6.45, 7) is 1.51. The molecule has 5 nitrogen and oxygen atoms in total. The molecule has 0 saturated carbocycles. The van der Waals surface area contributed by atoms with Crippen LogP contribution in [0.3, 0.4) is 0 Å². The van der Waals surface area contributed by atoms with E-state index >= 15 is 0 Å². The number of nitrogens with one attached hydrogen (secondary N) is 1. The second-order valence-electron chi connectivity index (χ2n) is 6.18. The number of hydrogen-bond donors (Lipinski definition) is 2. The van der Waals surface area contributed by atoms with Crippen molar-refractivity contribution in [2.24, 2.45) is 0 Å². The van der Waals surface area contributed by atoms with Gasteiger partial charge < -0.3 is 15.8 Å². The van der Waals surface area contributed by atoms with Gasteiger partial charge in [0.2, 0.25) is 0 Å². The molecule has 0 unspecified atom stereocenters. The largest absolute Gasteiger partial charge is 0.449 e. The second kappa shape index (κ2) is 8.59. The molecule has 0 aliphatic carbocycles. The van der Waals surface area contributed by atoms with Crippen LogP contribution in [0.5, 0.6) is 0 Å². The highest BCUT2D eigenvalue weighted by molar-refractivity contribution is 6.33. The van der Waals surface area contributed by atoms with E-state index in [1.807, 2.05) is 48.5 Å². The number of benzene rings is 3. The molecule has 0 aromatic heterocycles. The van der Waals surface area contributed by atoms with Crippen LogP contribution in [0.4, 0.5) is 11.4 Å². The van der Waals surface area contributed by atoms with Crippen LogP contribution >= 0.6 is 11.6 Å². The molecule has 6 heteroatoms. The molecule has 0 aliphatic heterocycles. The molecular formula is C22H19ClN2O3. The number of esters is 1. The highest BCUT2D eigenvalue weighted by Gasteiger charge is 2.20. The Morgan fingerprint density at radius 2 is 1.68 bits per heavy atom. The van der Waals surface area contributed by atoms with Crippen molar-refractivity contribution in [3.63, 3.8) is 0 Å². The topological polar surface area (TPSA) is 81.4 Å². The van der Waals surface area contributed by atoms with Crippen LogP contribution < -0.4 is 11.1 Å². The number of amides is 1. The van der Waals surface area contributed by atoms with Gasteiger partial charge in [-0.3, -0.25) is 4.79 Å². The number of halogens is 1. The second-order valence-corrected chi connectivity index (χ2v) is 6.59. The lowest BCUT2D eigenvalue weighted by Gasteiger charge is -2.16. The fourth-order valence-corrected chi connectivity index (χ4v) is 2.77. The summed E-state index contributed by atoms with van der Waals surface area (Å²) in [5.41, 5.74) is 8.68. The van der Waals surface area contributed by atoms with E-state index in [9.17, 15) is 9.59 Å². The molecule has 0 fully saturated rings. The first-order chi connectivity index (χ1) is 13.5. The van der Waals surface area contributed by atoms with Gasteiger partial charge in [0.15, 0.2) is 6.10 Å². The predicted molar refractivity (Wildman–Crippen MR) is 111 cm³/mol. The van der Waals surface area contributed by atoms with Crippen molar-refractivity contribution in [2.45, 2.75) is 13.0 Å². The maximum Gasteiger partial charge on any atom is 0.338 e. The van der Waals surface area contributed by atoms with Gasteiger partial charge >= 0.3 is 5.97 Å². The maximum absolute atomic E-state index is 12.5. The first kappa shape index (κ1) is 19.5. The van der Waals surface area contributed by atoms with Gasteiger partial charge in [0.1, 0.15) is 0 Å². The summed E-state index contributed by atoms with van der Waals surface area (Å²) < 4.78 is 5.26. The van der Waals surface area contributed by atoms with Gasteiger partial charge in [0, 0.05) is 11.3 Å². The fraction of sp³-hybridized carbons (Fsp3) is 0.0909. The Hall–Kier alpha value is -3.31. The monoisotopic (exact) mass is 394 g/mol. The Labute approximate surface area is 168 Å². The van der Waals surface area contributed by atoms with Gasteiger partial charge in [-0.05, 0) is 36.8 Å². The van der Waals surface area contributed by atoms with Gasteiger partial charge in [0.25, 0.3) is 5.91 Å². The lowest BCUT2D eigenvalue weighted by Crippen LogP contribution is -2.30. The number of para-hydroxylation sites is 1. The van der Waals surface area contributed by atoms with Crippen molar-refractivity contribution in [3.8, 4) is 11.1 Å². The zero-order valence-electron chi connectivity index (χ0n) is 15.2. The molecule has 0 aliphatic rings. The minimum atomic E-state index is -0.992. The average molecular weight is 395 g/mol. The summed E-state index contributed by atoms with van der Waals surface area (Å²) in [5.74, 6) is -1.08. The summed E-state index contributed by atoms with van der Waals surface area (Å²) in [7, 11) is 0. The highest BCUT2D eigenvalue weighted by Crippen LogP contribution is 2.27. The Balaban J connectivity index is 1.71. The smallest absolute Gasteiger partial charge is 0.338 e. The van der Waals surface area contributed by atoms with Crippen molar-refractivity contribution in [1.29, 1.82) is 0 Å². The van der Waals surface area contributed by atoms with Crippen LogP contribution in [0.25, 0.3) is 11.1 Å². The maximum atomic E-state index is 12.5. The molecular weight excluding hydrogens is 376 g/mol. The van der Waals surface area contributed by atoms with Crippen LogP contribution in [0.1, 0.15) is 17.3 Å². The number of ether oxygens (including phenoxy) is 1. The minimum absolute atomic E-state index is 0.228. The lowest BCUT2D eigenvalue weighted by molar-refractivity contribution is -0.123. The predicted octanol–water partition coefficient (Wildman–Crippen LogP) is 4.77. The molecule has 1 amide bonds. The van der Waals surface area contributed by atoms with Gasteiger partial charge in [-0.2, -0.15) is 0 Å². The Kier molecular flexibility index (Phi) is 5.96. The van der Waals surface area contributed by atoms with E-state index in [-0.39, 0.29) is 11.3 Å². The van der Waals surface area contributed by atoms with Crippen LogP contribution in [0.2, 0.25) is 5.02 Å². The van der Waals surface area contributed by atoms with Gasteiger partial charge in [-0.25, -0.2) is 4.79 Å². The Bertz CT molecular complexity index is 1010. The summed E-state index contributed by atoms with van der Waals surface area (Å²) in [6.07, 6.45) is -0.992. The third-order valence-electron chi connectivity index (χ3n) is 4.15. The van der Waals surface area contributed by atoms with Gasteiger partial charge in [-0.1, -0.05) is 60.1 Å². The van der Waals surface area contributed by atoms with Gasteiger partial charge in [0.05, 0.1) is 16.3 Å². The molecule has 0 heterocycles. The molecule has 0 saturated heterocycles. The zero-order chi connectivity index (χ0) is 20.1. The molecule has 3 aromatic carbocycles. The number of carbonyl (C=O) groups excluding carboxylic acids is 2. The first-order valence-corrected chi connectivity index (χ1v) is 9.05. The van der Waals surface area contributed by atoms with E-state index in [1.165, 1.54) is 25.1 Å². The SMILES string of the molecule is C[C@H](OC(=O)c1ccc(Cl)c(N)c1)C(=O)Nc1ccccc1-c1ccccc1. The van der Waals surface area contributed by atoms with Crippen LogP contribution in [-0.2, 0) is 9.53 Å². The van der Waals surface area contributed by atoms with E-state index in [4.69, 9.17) is 22.1 Å². The van der Waals surface area contributed by atoms with Crippen LogP contribution in [-0.4, -0.2) is 18.0 Å². The number of rotatable bonds is 5. The number of anilines is 2. The third kappa shape index (κ3) is 4.50. The molecule has 0 bridgehead atoms. The number of hydrogen-bond acceptors (Lipinski definition) is 4. The molecule has 142 valence electrons. The number of nitrogen functional groups attached to an aromatic ring is 1. The quantitative estimate of drug-likeness (QED) is 0.482. The summed E-state index contributed by atoms with van der Waals surface area (Å²) in [4.78, 5) is 24.8. The van der Waals surface area contributed by atoms with E-state index in [0.717, 1.165) is 11.1 Å². The molecule has 0 radical (unpaired) electrons. The normalized spacial score (nSPS) is 11.5. The number of carbonyl (C=O) groups is 2. The summed E-state index contributed by atoms with van der Waals surface area (Å²) in [5, 5.41) is 3.17. The van der Waals surface area contributed by atoms with Crippen molar-refractivity contribution >= 4 is 34.9 Å². The summed E-state index contributed by atoms with van der Waals surface area (Å²) >= 11 is 5.86. The Morgan fingerprint density at radius 3 is 2.39 bits per heavy atom. The van der Waals surface area contributed by atoms with Crippen LogP contribution in [0, 0.1) is 0 Å². The minimum Gasteiger partial charge on any atom is -0.449 e. The highest BCUT2D eigenvalue weighted by atomic mass is 35.5. The molecule has 1 atom stereocenters. The zero-order valence-corrected chi connectivity index (χ0v) is 15.9. The Morgan fingerprint density at radius 1 is 1.00 bits per heavy atom. The van der Waals surface area contributed by atoms with Gasteiger partial charge in [-0.15, -0.1) is 0 Å². The molecule has 3 aromatic rings. The van der Waals surface area contributed by atoms with Crippen molar-refractivity contribution < 1.29 is 14.3 Å². The molecule has 3 rings (SSSR count). The molecule has 28 heavy (non-hydrogen) atoms. The average Bonchev–Trinajstić information content (AvgIpc) is 2.71. The molecule has 3 N–H and O–H groups in total. The number of nitrogens with two attached hydrogens (primary N) is 1. The lowest BCUT2D eigenvalue weighted by atomic mass is 10.0. The first-order valence-electron chi connectivity index (χ1n) is 8.67. The van der Waals surface area contributed by atoms with E-state index < -0.39 is 18.0 Å². The van der Waals surface area contributed by atoms with Crippen molar-refractivity contribution in [3.05, 3.63) is 83.4 Å². The van der Waals surface area contributed by atoms with Crippen LogP contribution in [0.15, 0.2) is 72.8 Å².